The second-order valence-electron chi connectivity index (χ2n) is 23.8. The normalized spacial score (nSPS) is 43.4. The quantitative estimate of drug-likeness (QED) is 0.184. The second-order valence-corrected chi connectivity index (χ2v) is 23.8. The number of aryl methyl sites for hydroxylation is 1. The zero-order valence-corrected chi connectivity index (χ0v) is 37.8. The largest absolute Gasteiger partial charge is 0.392 e. The van der Waals surface area contributed by atoms with E-state index in [4.69, 9.17) is 0 Å². The molecular formula is C53H78N2O5. The van der Waals surface area contributed by atoms with Crippen molar-refractivity contribution in [3.8, 4) is 0 Å². The van der Waals surface area contributed by atoms with Crippen LogP contribution in [0.3, 0.4) is 0 Å². The first-order chi connectivity index (χ1) is 28.6. The number of allylic oxidation sites excluding steroid dienone is 3. The number of ketones is 1. The summed E-state index contributed by atoms with van der Waals surface area (Å²) in [4.78, 5) is 18.8. The molecule has 0 radical (unpaired) electrons. The Bertz CT molecular complexity index is 1920. The molecule has 6 fully saturated rings. The molecule has 13 atom stereocenters. The first-order valence-electron chi connectivity index (χ1n) is 25.1. The van der Waals surface area contributed by atoms with Gasteiger partial charge < -0.3 is 25.0 Å². The number of aliphatic hydroxyl groups is 4. The molecule has 1 spiro atoms. The zero-order chi connectivity index (χ0) is 42.0. The van der Waals surface area contributed by atoms with Crippen LogP contribution in [0, 0.1) is 69.0 Å². The van der Waals surface area contributed by atoms with E-state index in [1.54, 1.807) is 22.3 Å². The van der Waals surface area contributed by atoms with Crippen LogP contribution in [0.4, 0.5) is 0 Å². The van der Waals surface area contributed by atoms with Crippen LogP contribution in [0.1, 0.15) is 169 Å². The molecule has 0 aliphatic heterocycles. The minimum Gasteiger partial charge on any atom is -0.392 e. The zero-order valence-electron chi connectivity index (χ0n) is 37.8. The molecule has 0 aromatic carbocycles. The summed E-state index contributed by atoms with van der Waals surface area (Å²) in [5.41, 5.74) is 5.96. The van der Waals surface area contributed by atoms with E-state index < -0.39 is 34.7 Å². The Labute approximate surface area is 361 Å². The number of hydrogen-bond acceptors (Lipinski definition) is 6. The summed E-state index contributed by atoms with van der Waals surface area (Å²) in [6.07, 6.45) is 27.4. The molecule has 7 heteroatoms. The van der Waals surface area contributed by atoms with Gasteiger partial charge in [0.15, 0.2) is 5.78 Å². The molecule has 1 aromatic heterocycles. The highest BCUT2D eigenvalue weighted by Crippen LogP contribution is 2.72. The smallest absolute Gasteiger partial charge is 0.159 e. The van der Waals surface area contributed by atoms with E-state index in [1.165, 1.54) is 64.2 Å². The highest BCUT2D eigenvalue weighted by molar-refractivity contribution is 5.95. The predicted molar refractivity (Wildman–Crippen MR) is 235 cm³/mol. The maximum Gasteiger partial charge on any atom is 0.159 e. The van der Waals surface area contributed by atoms with Gasteiger partial charge in [-0.1, -0.05) is 82.6 Å². The van der Waals surface area contributed by atoms with Crippen LogP contribution in [0.5, 0.6) is 0 Å². The SMILES string of the molecule is CC(C)CCCC12CC(O)C(O)CC1C(=O)C=C1C2CCC2(C)C(C3CC4CCCC5=C4C(C(C(C)(C)CCn4ccnc4)=C4CCCC6(CCCC6)C54)C3O)CCC12O. The number of hydrogen-bond donors (Lipinski definition) is 4. The lowest BCUT2D eigenvalue weighted by Crippen LogP contribution is -2.62. The maximum atomic E-state index is 14.4. The van der Waals surface area contributed by atoms with Crippen molar-refractivity contribution < 1.29 is 25.2 Å². The maximum absolute atomic E-state index is 14.4. The lowest BCUT2D eigenvalue weighted by Gasteiger charge is -2.62. The highest BCUT2D eigenvalue weighted by atomic mass is 16.3. The number of aromatic nitrogens is 2. The van der Waals surface area contributed by atoms with Crippen LogP contribution in [0.15, 0.2) is 52.7 Å². The molecule has 10 rings (SSSR count). The average molecular weight is 823 g/mol. The van der Waals surface area contributed by atoms with Crippen LogP contribution < -0.4 is 0 Å². The van der Waals surface area contributed by atoms with Crippen molar-refractivity contribution in [3.05, 3.63) is 52.7 Å². The van der Waals surface area contributed by atoms with Crippen LogP contribution in [-0.4, -0.2) is 59.7 Å². The Morgan fingerprint density at radius 2 is 1.68 bits per heavy atom. The Balaban J connectivity index is 1.03. The van der Waals surface area contributed by atoms with Crippen LogP contribution in [-0.2, 0) is 11.3 Å². The molecule has 0 amide bonds. The highest BCUT2D eigenvalue weighted by Gasteiger charge is 2.69. The van der Waals surface area contributed by atoms with E-state index >= 15 is 0 Å². The van der Waals surface area contributed by atoms with Crippen LogP contribution in [0.2, 0.25) is 0 Å². The fourth-order valence-electron chi connectivity index (χ4n) is 17.7. The number of fused-ring (bicyclic) bond motifs is 8. The number of rotatable bonds is 9. The van der Waals surface area contributed by atoms with Gasteiger partial charge in [-0.15, -0.1) is 0 Å². The fourth-order valence-corrected chi connectivity index (χ4v) is 17.7. The summed E-state index contributed by atoms with van der Waals surface area (Å²) < 4.78 is 2.23. The third kappa shape index (κ3) is 6.13. The monoisotopic (exact) mass is 823 g/mol. The first-order valence-corrected chi connectivity index (χ1v) is 25.1. The van der Waals surface area contributed by atoms with E-state index in [9.17, 15) is 25.2 Å². The molecule has 330 valence electrons. The molecule has 0 saturated heterocycles. The lowest BCUT2D eigenvalue weighted by atomic mass is 9.43. The van der Waals surface area contributed by atoms with Gasteiger partial charge in [0.2, 0.25) is 0 Å². The summed E-state index contributed by atoms with van der Waals surface area (Å²) in [6, 6.07) is 0. The predicted octanol–water partition coefficient (Wildman–Crippen LogP) is 10.1. The van der Waals surface area contributed by atoms with Gasteiger partial charge in [-0.2, -0.15) is 0 Å². The average Bonchev–Trinajstić information content (AvgIpc) is 3.97. The second kappa shape index (κ2) is 15.0. The van der Waals surface area contributed by atoms with Crippen molar-refractivity contribution >= 4 is 5.78 Å². The Hall–Kier alpha value is -2.06. The van der Waals surface area contributed by atoms with Crippen molar-refractivity contribution in [3.63, 3.8) is 0 Å². The molecular weight excluding hydrogens is 745 g/mol. The number of aliphatic hydroxyl groups excluding tert-OH is 3. The van der Waals surface area contributed by atoms with Crippen molar-refractivity contribution in [1.29, 1.82) is 0 Å². The van der Waals surface area contributed by atoms with Gasteiger partial charge >= 0.3 is 0 Å². The van der Waals surface area contributed by atoms with Gasteiger partial charge in [-0.25, -0.2) is 4.98 Å². The van der Waals surface area contributed by atoms with Gasteiger partial charge in [0, 0.05) is 42.1 Å². The summed E-state index contributed by atoms with van der Waals surface area (Å²) in [5.74, 6) is 1.65. The van der Waals surface area contributed by atoms with Crippen molar-refractivity contribution in [2.24, 2.45) is 69.0 Å². The van der Waals surface area contributed by atoms with Crippen LogP contribution in [0.25, 0.3) is 0 Å². The van der Waals surface area contributed by atoms with Gasteiger partial charge in [-0.3, -0.25) is 4.79 Å². The Kier molecular flexibility index (Phi) is 10.5. The topological polar surface area (TPSA) is 116 Å². The van der Waals surface area contributed by atoms with Gasteiger partial charge in [-0.05, 0) is 167 Å². The van der Waals surface area contributed by atoms with Crippen molar-refractivity contribution in [2.75, 3.05) is 0 Å². The fraction of sp³-hybridized carbons (Fsp3) is 0.811. The Morgan fingerprint density at radius 1 is 0.917 bits per heavy atom. The van der Waals surface area contributed by atoms with Crippen molar-refractivity contribution in [2.45, 2.75) is 200 Å². The minimum absolute atomic E-state index is 0.0233. The first kappa shape index (κ1) is 41.9. The molecule has 6 saturated carbocycles. The molecule has 60 heavy (non-hydrogen) atoms. The van der Waals surface area contributed by atoms with Crippen LogP contribution >= 0.6 is 0 Å². The molecule has 9 aliphatic rings. The summed E-state index contributed by atoms with van der Waals surface area (Å²) in [5, 5.41) is 49.2. The summed E-state index contributed by atoms with van der Waals surface area (Å²) >= 11 is 0. The Morgan fingerprint density at radius 3 is 2.43 bits per heavy atom. The molecule has 1 aromatic rings. The number of carbonyl (C=O) groups excluding carboxylic acids is 1. The minimum atomic E-state index is -1.12. The number of nitrogens with zero attached hydrogens (tertiary/aromatic N) is 2. The van der Waals surface area contributed by atoms with Gasteiger partial charge in [0.25, 0.3) is 0 Å². The summed E-state index contributed by atoms with van der Waals surface area (Å²) in [6.45, 7) is 12.7. The molecule has 7 nitrogen and oxygen atoms in total. The number of carbonyl (C=O) groups is 1. The third-order valence-electron chi connectivity index (χ3n) is 20.3. The van der Waals surface area contributed by atoms with Gasteiger partial charge in [0.05, 0.1) is 30.2 Å². The van der Waals surface area contributed by atoms with E-state index in [0.717, 1.165) is 63.5 Å². The third-order valence-corrected chi connectivity index (χ3v) is 20.3. The van der Waals surface area contributed by atoms with Crippen molar-refractivity contribution in [1.82, 2.24) is 9.55 Å². The lowest BCUT2D eigenvalue weighted by molar-refractivity contribution is -0.161. The molecule has 1 heterocycles. The molecule has 4 N–H and O–H groups in total. The van der Waals surface area contributed by atoms with E-state index in [0.29, 0.717) is 42.4 Å². The van der Waals surface area contributed by atoms with Gasteiger partial charge in [0.1, 0.15) is 0 Å². The van der Waals surface area contributed by atoms with E-state index in [1.807, 2.05) is 18.6 Å². The summed E-state index contributed by atoms with van der Waals surface area (Å²) in [7, 11) is 0. The molecule has 9 aliphatic carbocycles. The van der Waals surface area contributed by atoms with E-state index in [-0.39, 0.29) is 40.8 Å². The van der Waals surface area contributed by atoms with E-state index in [2.05, 4.69) is 50.4 Å². The standard InChI is InChI=1S/C53H78N2O5/c1-32(2)11-9-20-52-30-43(58)42(57)29-40(52)41(56)28-39-38(52)15-21-50(5)37(16-22-53(39,50)60)36-27-33-12-8-13-34-44(33)45(48(36)59)47(49(3,4)23-25-55-26-24-54-31-55)35-14-10-19-51(46(34)35)17-6-7-18-51/h24,26,28,31-33,36-38,40,42-43,45-46,48,57-60H,6-23,25,27,29-30H2,1-5H3. The number of imidazole rings is 1. The molecule has 0 bridgehead atoms. The molecule has 13 unspecified atom stereocenters.